The Morgan fingerprint density at radius 1 is 1.07 bits per heavy atom. The average Bonchev–Trinajstić information content (AvgIpc) is 3.24. The Labute approximate surface area is 160 Å². The maximum absolute atomic E-state index is 13.0. The highest BCUT2D eigenvalue weighted by atomic mass is 32.2. The Morgan fingerprint density at radius 3 is 2.59 bits per heavy atom. The number of hydrogen-bond donors (Lipinski definition) is 0. The van der Waals surface area contributed by atoms with Crippen LogP contribution in [-0.4, -0.2) is 22.9 Å². The molecular weight excluding hydrogens is 365 g/mol. The van der Waals surface area contributed by atoms with Crippen LogP contribution in [0.5, 0.6) is 11.5 Å². The van der Waals surface area contributed by atoms with Crippen LogP contribution in [0.15, 0.2) is 53.4 Å². The first-order valence-electron chi connectivity index (χ1n) is 8.53. The Bertz CT molecular complexity index is 1010. The van der Waals surface area contributed by atoms with Gasteiger partial charge >= 0.3 is 0 Å². The smallest absolute Gasteiger partial charge is 0.231 e. The Kier molecular flexibility index (Phi) is 4.66. The van der Waals surface area contributed by atoms with Gasteiger partial charge in [0.1, 0.15) is 5.82 Å². The van der Waals surface area contributed by atoms with E-state index >= 15 is 0 Å². The lowest BCUT2D eigenvalue weighted by atomic mass is 10.2. The first-order chi connectivity index (χ1) is 13.0. The van der Waals surface area contributed by atoms with Crippen LogP contribution in [0.1, 0.15) is 21.7 Å². The molecule has 0 saturated heterocycles. The lowest BCUT2D eigenvalue weighted by Gasteiger charge is -2.10. The number of aromatic nitrogens is 1. The number of hydrogen-bond acceptors (Lipinski definition) is 4. The normalized spacial score (nSPS) is 12.4. The number of thioether (sulfide) groups is 1. The zero-order valence-corrected chi connectivity index (χ0v) is 15.8. The summed E-state index contributed by atoms with van der Waals surface area (Å²) >= 11 is 1.41. The minimum Gasteiger partial charge on any atom is -0.454 e. The van der Waals surface area contributed by atoms with Gasteiger partial charge < -0.3 is 14.0 Å². The van der Waals surface area contributed by atoms with Gasteiger partial charge in [0.15, 0.2) is 17.3 Å². The molecule has 0 amide bonds. The van der Waals surface area contributed by atoms with Crippen LogP contribution in [0.25, 0.3) is 5.69 Å². The number of carbonyl (C=O) groups excluding carboxylic acids is 1. The maximum Gasteiger partial charge on any atom is 0.231 e. The fourth-order valence-electron chi connectivity index (χ4n) is 3.22. The second kappa shape index (κ2) is 7.12. The van der Waals surface area contributed by atoms with Gasteiger partial charge in [-0.15, -0.1) is 11.8 Å². The molecule has 6 heteroatoms. The van der Waals surface area contributed by atoms with E-state index in [0.717, 1.165) is 27.7 Å². The van der Waals surface area contributed by atoms with Crippen molar-refractivity contribution in [3.05, 3.63) is 71.3 Å². The number of ketones is 1. The summed E-state index contributed by atoms with van der Waals surface area (Å²) in [5.74, 6) is 1.51. The van der Waals surface area contributed by atoms with E-state index in [-0.39, 0.29) is 18.4 Å². The molecule has 3 aromatic rings. The third-order valence-corrected chi connectivity index (χ3v) is 5.54. The van der Waals surface area contributed by atoms with Crippen molar-refractivity contribution >= 4 is 17.5 Å². The molecule has 0 saturated carbocycles. The molecule has 0 fully saturated rings. The van der Waals surface area contributed by atoms with E-state index in [1.165, 1.54) is 23.9 Å². The molecule has 0 aliphatic carbocycles. The standard InChI is InChI=1S/C21H18FNO3S/c1-13-9-18(19(24)11-27-17-6-3-15(22)4-7-17)14(2)23(13)16-5-8-20-21(10-16)26-12-25-20/h3-10H,11-12H2,1-2H3. The van der Waals surface area contributed by atoms with E-state index < -0.39 is 0 Å². The van der Waals surface area contributed by atoms with Crippen LogP contribution < -0.4 is 9.47 Å². The van der Waals surface area contributed by atoms with Crippen molar-refractivity contribution in [2.45, 2.75) is 18.7 Å². The highest BCUT2D eigenvalue weighted by Gasteiger charge is 2.19. The van der Waals surface area contributed by atoms with Gasteiger partial charge in [0.25, 0.3) is 0 Å². The SMILES string of the molecule is Cc1cc(C(=O)CSc2ccc(F)cc2)c(C)n1-c1ccc2c(c1)OCO2. The summed E-state index contributed by atoms with van der Waals surface area (Å²) in [4.78, 5) is 13.6. The minimum atomic E-state index is -0.280. The highest BCUT2D eigenvalue weighted by molar-refractivity contribution is 8.00. The van der Waals surface area contributed by atoms with E-state index in [9.17, 15) is 9.18 Å². The number of aryl methyl sites for hydroxylation is 1. The zero-order valence-electron chi connectivity index (χ0n) is 15.0. The van der Waals surface area contributed by atoms with E-state index in [4.69, 9.17) is 9.47 Å². The molecule has 27 heavy (non-hydrogen) atoms. The molecule has 1 aliphatic rings. The molecule has 138 valence electrons. The van der Waals surface area contributed by atoms with Gasteiger partial charge in [-0.2, -0.15) is 0 Å². The predicted molar refractivity (Wildman–Crippen MR) is 103 cm³/mol. The van der Waals surface area contributed by atoms with Crippen molar-refractivity contribution in [2.24, 2.45) is 0 Å². The summed E-state index contributed by atoms with van der Waals surface area (Å²) < 4.78 is 25.9. The molecule has 4 rings (SSSR count). The number of carbonyl (C=O) groups is 1. The van der Waals surface area contributed by atoms with Gasteiger partial charge in [0.05, 0.1) is 5.75 Å². The summed E-state index contributed by atoms with van der Waals surface area (Å²) in [6, 6.07) is 13.8. The molecular formula is C21H18FNO3S. The number of fused-ring (bicyclic) bond motifs is 1. The van der Waals surface area contributed by atoms with Crippen LogP contribution in [0, 0.1) is 19.7 Å². The van der Waals surface area contributed by atoms with Gasteiger partial charge in [0.2, 0.25) is 6.79 Å². The number of rotatable bonds is 5. The van der Waals surface area contributed by atoms with Gasteiger partial charge in [-0.25, -0.2) is 4.39 Å². The van der Waals surface area contributed by atoms with E-state index in [1.54, 1.807) is 12.1 Å². The van der Waals surface area contributed by atoms with Gasteiger partial charge in [-0.1, -0.05) is 0 Å². The van der Waals surface area contributed by atoms with Crippen molar-refractivity contribution in [2.75, 3.05) is 12.5 Å². The van der Waals surface area contributed by atoms with Crippen molar-refractivity contribution in [1.29, 1.82) is 0 Å². The first-order valence-corrected chi connectivity index (χ1v) is 9.52. The molecule has 0 atom stereocenters. The predicted octanol–water partition coefficient (Wildman–Crippen LogP) is 4.94. The fourth-order valence-corrected chi connectivity index (χ4v) is 4.01. The molecule has 2 heterocycles. The average molecular weight is 383 g/mol. The lowest BCUT2D eigenvalue weighted by molar-refractivity contribution is 0.102. The van der Waals surface area contributed by atoms with Crippen LogP contribution in [0.3, 0.4) is 0 Å². The van der Waals surface area contributed by atoms with Crippen molar-refractivity contribution in [3.8, 4) is 17.2 Å². The second-order valence-corrected chi connectivity index (χ2v) is 7.37. The van der Waals surface area contributed by atoms with Gasteiger partial charge in [-0.05, 0) is 56.3 Å². The number of benzene rings is 2. The molecule has 0 spiro atoms. The molecule has 0 N–H and O–H groups in total. The van der Waals surface area contributed by atoms with Crippen LogP contribution in [-0.2, 0) is 0 Å². The monoisotopic (exact) mass is 383 g/mol. The zero-order chi connectivity index (χ0) is 19.0. The quantitative estimate of drug-likeness (QED) is 0.462. The van der Waals surface area contributed by atoms with E-state index in [2.05, 4.69) is 0 Å². The highest BCUT2D eigenvalue weighted by Crippen LogP contribution is 2.35. The van der Waals surface area contributed by atoms with Crippen LogP contribution in [0.2, 0.25) is 0 Å². The minimum absolute atomic E-state index is 0.0458. The molecule has 1 aliphatic heterocycles. The van der Waals surface area contributed by atoms with E-state index in [0.29, 0.717) is 17.1 Å². The number of Topliss-reactive ketones (excluding diaryl/α,β-unsaturated/α-hetero) is 1. The van der Waals surface area contributed by atoms with Crippen LogP contribution >= 0.6 is 11.8 Å². The van der Waals surface area contributed by atoms with Gasteiger partial charge in [0, 0.05) is 33.6 Å². The van der Waals surface area contributed by atoms with Crippen molar-refractivity contribution < 1.29 is 18.7 Å². The first kappa shape index (κ1) is 17.7. The molecule has 4 nitrogen and oxygen atoms in total. The largest absolute Gasteiger partial charge is 0.454 e. The number of ether oxygens (including phenoxy) is 2. The number of halogens is 1. The third-order valence-electron chi connectivity index (χ3n) is 4.53. The van der Waals surface area contributed by atoms with E-state index in [1.807, 2.05) is 42.7 Å². The maximum atomic E-state index is 13.0. The summed E-state index contributed by atoms with van der Waals surface area (Å²) in [7, 11) is 0. The lowest BCUT2D eigenvalue weighted by Crippen LogP contribution is -2.05. The third kappa shape index (κ3) is 3.45. The number of nitrogens with zero attached hydrogens (tertiary/aromatic N) is 1. The van der Waals surface area contributed by atoms with Crippen molar-refractivity contribution in [1.82, 2.24) is 4.57 Å². The molecule has 1 aromatic heterocycles. The Morgan fingerprint density at radius 2 is 1.81 bits per heavy atom. The summed E-state index contributed by atoms with van der Waals surface area (Å²) in [5, 5.41) is 0. The van der Waals surface area contributed by atoms with Crippen molar-refractivity contribution in [3.63, 3.8) is 0 Å². The summed E-state index contributed by atoms with van der Waals surface area (Å²) in [6.07, 6.45) is 0. The Balaban J connectivity index is 1.56. The molecule has 0 bridgehead atoms. The Hall–Kier alpha value is -2.73. The fraction of sp³-hybridized carbons (Fsp3) is 0.190. The topological polar surface area (TPSA) is 40.5 Å². The summed E-state index contributed by atoms with van der Waals surface area (Å²) in [6.45, 7) is 4.14. The molecule has 0 unspecified atom stereocenters. The second-order valence-electron chi connectivity index (χ2n) is 6.32. The van der Waals surface area contributed by atoms with Gasteiger partial charge in [-0.3, -0.25) is 4.79 Å². The molecule has 0 radical (unpaired) electrons. The summed E-state index contributed by atoms with van der Waals surface area (Å²) in [5.41, 5.74) is 3.48. The molecule has 2 aromatic carbocycles. The van der Waals surface area contributed by atoms with Crippen LogP contribution in [0.4, 0.5) is 4.39 Å².